The first kappa shape index (κ1) is 16.1. The summed E-state index contributed by atoms with van der Waals surface area (Å²) in [6, 6.07) is 5.90. The van der Waals surface area contributed by atoms with Gasteiger partial charge >= 0.3 is 5.97 Å². The van der Waals surface area contributed by atoms with Gasteiger partial charge in [0.05, 0.1) is 29.2 Å². The van der Waals surface area contributed by atoms with Gasteiger partial charge in [0.1, 0.15) is 0 Å². The van der Waals surface area contributed by atoms with Gasteiger partial charge in [-0.2, -0.15) is 0 Å². The van der Waals surface area contributed by atoms with Crippen LogP contribution in [0.25, 0.3) is 0 Å². The summed E-state index contributed by atoms with van der Waals surface area (Å²) in [5.41, 5.74) is 1.03. The van der Waals surface area contributed by atoms with Crippen LogP contribution in [0.2, 0.25) is 10.0 Å². The topological polar surface area (TPSA) is 47.6 Å². The predicted molar refractivity (Wildman–Crippen MR) is 85.5 cm³/mol. The Bertz CT molecular complexity index is 581. The van der Waals surface area contributed by atoms with Crippen molar-refractivity contribution in [3.05, 3.63) is 33.8 Å². The van der Waals surface area contributed by atoms with Gasteiger partial charge in [0, 0.05) is 25.1 Å². The van der Waals surface area contributed by atoms with Crippen molar-refractivity contribution in [3.8, 4) is 0 Å². The van der Waals surface area contributed by atoms with Crippen molar-refractivity contribution in [3.63, 3.8) is 0 Å². The molecule has 0 spiro atoms. The molecule has 0 aromatic heterocycles. The third kappa shape index (κ3) is 2.73. The maximum Gasteiger partial charge on any atom is 0.310 e. The number of carbonyl (C=O) groups is 1. The fourth-order valence-electron chi connectivity index (χ4n) is 3.85. The van der Waals surface area contributed by atoms with Crippen LogP contribution in [0, 0.1) is 5.92 Å². The van der Waals surface area contributed by atoms with Crippen molar-refractivity contribution in [2.45, 2.75) is 36.9 Å². The van der Waals surface area contributed by atoms with Crippen molar-refractivity contribution in [1.82, 2.24) is 5.32 Å². The second-order valence-corrected chi connectivity index (χ2v) is 6.78. The van der Waals surface area contributed by atoms with E-state index in [0.717, 1.165) is 18.4 Å². The molecule has 6 heteroatoms. The molecule has 1 N–H and O–H groups in total. The Balaban J connectivity index is 1.97. The van der Waals surface area contributed by atoms with Gasteiger partial charge < -0.3 is 14.8 Å². The molecule has 5 atom stereocenters. The fourth-order valence-corrected chi connectivity index (χ4v) is 4.16. The Labute approximate surface area is 140 Å². The Kier molecular flexibility index (Phi) is 4.64. The zero-order chi connectivity index (χ0) is 15.9. The summed E-state index contributed by atoms with van der Waals surface area (Å²) in [5, 5.41) is 4.53. The SMILES string of the molecule is COC(=O)[C@@H]1C2NC(CC2OC)C[C@H]1c1ccc(Cl)c(Cl)c1. The minimum atomic E-state index is -0.286. The van der Waals surface area contributed by atoms with Crippen LogP contribution in [0.15, 0.2) is 18.2 Å². The average Bonchev–Trinajstić information content (AvgIpc) is 2.85. The van der Waals surface area contributed by atoms with Crippen LogP contribution in [0.3, 0.4) is 0 Å². The van der Waals surface area contributed by atoms with Crippen molar-refractivity contribution in [2.75, 3.05) is 14.2 Å². The van der Waals surface area contributed by atoms with Gasteiger partial charge in [0.2, 0.25) is 0 Å². The number of nitrogens with one attached hydrogen (secondary N) is 1. The van der Waals surface area contributed by atoms with Crippen LogP contribution >= 0.6 is 23.2 Å². The van der Waals surface area contributed by atoms with Gasteiger partial charge in [0.15, 0.2) is 0 Å². The minimum Gasteiger partial charge on any atom is -0.469 e. The van der Waals surface area contributed by atoms with Gasteiger partial charge in [-0.15, -0.1) is 0 Å². The maximum atomic E-state index is 12.4. The molecule has 0 amide bonds. The van der Waals surface area contributed by atoms with Crippen LogP contribution < -0.4 is 5.32 Å². The first-order valence-corrected chi connectivity index (χ1v) is 8.12. The number of rotatable bonds is 3. The monoisotopic (exact) mass is 343 g/mol. The van der Waals surface area contributed by atoms with Gasteiger partial charge in [-0.25, -0.2) is 0 Å². The molecular weight excluding hydrogens is 325 g/mol. The highest BCUT2D eigenvalue weighted by Crippen LogP contribution is 2.44. The van der Waals surface area contributed by atoms with Crippen LogP contribution in [-0.2, 0) is 14.3 Å². The van der Waals surface area contributed by atoms with E-state index in [9.17, 15) is 4.79 Å². The predicted octanol–water partition coefficient (Wildman–Crippen LogP) is 3.02. The molecule has 3 unspecified atom stereocenters. The molecule has 2 heterocycles. The molecule has 0 radical (unpaired) electrons. The smallest absolute Gasteiger partial charge is 0.310 e. The first-order chi connectivity index (χ1) is 10.5. The number of esters is 1. The van der Waals surface area contributed by atoms with Crippen LogP contribution in [0.1, 0.15) is 24.3 Å². The summed E-state index contributed by atoms with van der Waals surface area (Å²) in [5.74, 6) is -0.444. The van der Waals surface area contributed by atoms with E-state index in [2.05, 4.69) is 5.32 Å². The Morgan fingerprint density at radius 3 is 2.64 bits per heavy atom. The molecular formula is C16H19Cl2NO3. The molecule has 1 aromatic carbocycles. The molecule has 2 aliphatic heterocycles. The number of methoxy groups -OCH3 is 2. The summed E-state index contributed by atoms with van der Waals surface area (Å²) in [7, 11) is 3.12. The number of piperidine rings is 1. The second kappa shape index (κ2) is 6.36. The van der Waals surface area contributed by atoms with E-state index in [4.69, 9.17) is 32.7 Å². The van der Waals surface area contributed by atoms with E-state index in [1.54, 1.807) is 13.2 Å². The Hall–Kier alpha value is -0.810. The number of fused-ring (bicyclic) bond motifs is 2. The van der Waals surface area contributed by atoms with E-state index in [1.807, 2.05) is 12.1 Å². The molecule has 2 fully saturated rings. The number of benzene rings is 1. The Morgan fingerprint density at radius 2 is 2.00 bits per heavy atom. The largest absolute Gasteiger partial charge is 0.469 e. The minimum absolute atomic E-state index is 0.0295. The van der Waals surface area contributed by atoms with Crippen molar-refractivity contribution >= 4 is 29.2 Å². The number of carbonyl (C=O) groups excluding carboxylic acids is 1. The highest BCUT2D eigenvalue weighted by molar-refractivity contribution is 6.42. The van der Waals surface area contributed by atoms with Crippen molar-refractivity contribution < 1.29 is 14.3 Å². The van der Waals surface area contributed by atoms with E-state index >= 15 is 0 Å². The van der Waals surface area contributed by atoms with Gasteiger partial charge in [-0.05, 0) is 30.5 Å². The standard InChI is InChI=1S/C16H19Cl2NO3/c1-21-13-7-9-6-10(8-3-4-11(17)12(18)5-8)14(15(13)19-9)16(20)22-2/h3-5,9-10,13-15,19H,6-7H2,1-2H3/t9?,10-,13?,14-,15?/m0/s1. The zero-order valence-electron chi connectivity index (χ0n) is 12.5. The molecule has 2 saturated heterocycles. The molecule has 22 heavy (non-hydrogen) atoms. The summed E-state index contributed by atoms with van der Waals surface area (Å²) in [6.07, 6.45) is 1.79. The number of ether oxygens (including phenoxy) is 2. The molecule has 0 saturated carbocycles. The number of halogens is 2. The highest BCUT2D eigenvalue weighted by atomic mass is 35.5. The van der Waals surface area contributed by atoms with Gasteiger partial charge in [-0.3, -0.25) is 4.79 Å². The third-order valence-electron chi connectivity index (χ3n) is 4.85. The lowest BCUT2D eigenvalue weighted by Gasteiger charge is -2.37. The third-order valence-corrected chi connectivity index (χ3v) is 5.59. The first-order valence-electron chi connectivity index (χ1n) is 7.36. The number of hydrogen-bond donors (Lipinski definition) is 1. The summed E-state index contributed by atoms with van der Waals surface area (Å²) in [4.78, 5) is 12.4. The van der Waals surface area contributed by atoms with E-state index < -0.39 is 0 Å². The quantitative estimate of drug-likeness (QED) is 0.857. The molecule has 2 bridgehead atoms. The van der Waals surface area contributed by atoms with Crippen molar-refractivity contribution in [2.24, 2.45) is 5.92 Å². The second-order valence-electron chi connectivity index (χ2n) is 5.96. The molecule has 1 aromatic rings. The highest BCUT2D eigenvalue weighted by Gasteiger charge is 2.51. The summed E-state index contributed by atoms with van der Waals surface area (Å²) >= 11 is 12.2. The zero-order valence-corrected chi connectivity index (χ0v) is 14.0. The maximum absolute atomic E-state index is 12.4. The molecule has 0 aliphatic carbocycles. The number of hydrogen-bond acceptors (Lipinski definition) is 4. The van der Waals surface area contributed by atoms with Crippen molar-refractivity contribution in [1.29, 1.82) is 0 Å². The lowest BCUT2D eigenvalue weighted by atomic mass is 9.76. The molecule has 120 valence electrons. The van der Waals surface area contributed by atoms with Gasteiger partial charge in [0.25, 0.3) is 0 Å². The lowest BCUT2D eigenvalue weighted by molar-refractivity contribution is -0.149. The summed E-state index contributed by atoms with van der Waals surface area (Å²) in [6.45, 7) is 0. The normalized spacial score (nSPS) is 33.7. The van der Waals surface area contributed by atoms with Crippen LogP contribution in [-0.4, -0.2) is 38.4 Å². The van der Waals surface area contributed by atoms with Crippen LogP contribution in [0.5, 0.6) is 0 Å². The lowest BCUT2D eigenvalue weighted by Crippen LogP contribution is -2.51. The fraction of sp³-hybridized carbons (Fsp3) is 0.562. The van der Waals surface area contributed by atoms with Crippen LogP contribution in [0.4, 0.5) is 0 Å². The molecule has 3 rings (SSSR count). The van der Waals surface area contributed by atoms with E-state index in [0.29, 0.717) is 16.1 Å². The van der Waals surface area contributed by atoms with E-state index in [1.165, 1.54) is 7.11 Å². The molecule has 4 nitrogen and oxygen atoms in total. The summed E-state index contributed by atoms with van der Waals surface area (Å²) < 4.78 is 10.6. The van der Waals surface area contributed by atoms with Gasteiger partial charge in [-0.1, -0.05) is 29.3 Å². The average molecular weight is 344 g/mol. The Morgan fingerprint density at radius 1 is 1.23 bits per heavy atom. The van der Waals surface area contributed by atoms with E-state index in [-0.39, 0.29) is 30.0 Å². The molecule has 2 aliphatic rings.